The van der Waals surface area contributed by atoms with Gasteiger partial charge >= 0.3 is 31.0 Å². The normalized spacial score (nSPS) is 11.2. The molecule has 86 valence electrons. The van der Waals surface area contributed by atoms with Crippen molar-refractivity contribution in [3.8, 4) is 12.3 Å². The summed E-state index contributed by atoms with van der Waals surface area (Å²) in [5.74, 6) is -6.03. The van der Waals surface area contributed by atoms with Crippen molar-refractivity contribution in [2.75, 3.05) is 0 Å². The number of aromatic nitrogens is 2. The number of nitrogens with zero attached hydrogens (tertiary/aromatic N) is 4. The fourth-order valence-corrected chi connectivity index (χ4v) is 0.832. The van der Waals surface area contributed by atoms with Crippen LogP contribution in [0.3, 0.4) is 0 Å². The number of halogens is 5. The topological polar surface area (TPSA) is 65.4 Å². The van der Waals surface area contributed by atoms with E-state index in [1.165, 1.54) is 12.3 Å². The smallest absolute Gasteiger partial charge is 1.00 e. The molecular formula is C7H2F5LiN4. The Morgan fingerprint density at radius 1 is 1.24 bits per heavy atom. The molecule has 1 aromatic rings. The van der Waals surface area contributed by atoms with Crippen LogP contribution in [0.15, 0.2) is 6.20 Å². The van der Waals surface area contributed by atoms with Gasteiger partial charge in [-0.05, 0) is 0 Å². The summed E-state index contributed by atoms with van der Waals surface area (Å²) in [5, 5.41) is 16.6. The van der Waals surface area contributed by atoms with Crippen molar-refractivity contribution in [3.05, 3.63) is 17.7 Å². The molecule has 0 bridgehead atoms. The van der Waals surface area contributed by atoms with Crippen molar-refractivity contribution in [1.29, 1.82) is 10.5 Å². The van der Waals surface area contributed by atoms with Crippen LogP contribution in [0.2, 0.25) is 0 Å². The molecule has 0 saturated carbocycles. The predicted octanol–water partition coefficient (Wildman–Crippen LogP) is -1.15. The van der Waals surface area contributed by atoms with E-state index in [1.807, 2.05) is 0 Å². The third-order valence-electron chi connectivity index (χ3n) is 1.59. The van der Waals surface area contributed by atoms with Gasteiger partial charge in [0.15, 0.2) is 6.19 Å². The molecule has 0 N–H and O–H groups in total. The van der Waals surface area contributed by atoms with E-state index in [0.717, 1.165) is 0 Å². The molecule has 4 nitrogen and oxygen atoms in total. The fourth-order valence-electron chi connectivity index (χ4n) is 0.832. The van der Waals surface area contributed by atoms with Crippen molar-refractivity contribution < 1.29 is 42.2 Å². The molecule has 0 aliphatic heterocycles. The SMILES string of the molecule is N#Cc1nc(C(F)(F)C(F)(F)F)cn1C#N.[H-].[Li+]. The summed E-state index contributed by atoms with van der Waals surface area (Å²) in [6, 6.07) is 1.22. The molecule has 0 spiro atoms. The monoisotopic (exact) mass is 244 g/mol. The first kappa shape index (κ1) is 15.4. The Kier molecular flexibility index (Phi) is 4.31. The Labute approximate surface area is 105 Å². The molecule has 1 rings (SSSR count). The van der Waals surface area contributed by atoms with Crippen LogP contribution < -0.4 is 18.9 Å². The summed E-state index contributed by atoms with van der Waals surface area (Å²) in [4.78, 5) is 2.75. The standard InChI is InChI=1S/C7HF5N4.Li.H/c8-6(9,7(10,11)12)4-2-16(3-14)5(1-13)15-4;;/h2H;;/q;+1;-1. The molecular weight excluding hydrogens is 242 g/mol. The molecule has 0 saturated heterocycles. The average molecular weight is 244 g/mol. The molecule has 0 aliphatic carbocycles. The van der Waals surface area contributed by atoms with Gasteiger partial charge < -0.3 is 1.43 Å². The molecule has 17 heavy (non-hydrogen) atoms. The molecule has 0 radical (unpaired) electrons. The molecule has 0 fully saturated rings. The van der Waals surface area contributed by atoms with E-state index in [2.05, 4.69) is 4.98 Å². The van der Waals surface area contributed by atoms with Crippen LogP contribution in [0, 0.1) is 22.8 Å². The summed E-state index contributed by atoms with van der Waals surface area (Å²) in [5.41, 5.74) is -1.68. The molecule has 1 aromatic heterocycles. The predicted molar refractivity (Wildman–Crippen MR) is 39.0 cm³/mol. The Hall–Kier alpha value is -1.56. The van der Waals surface area contributed by atoms with Crippen molar-refractivity contribution in [2.45, 2.75) is 12.1 Å². The number of hydrogen-bond acceptors (Lipinski definition) is 3. The first-order valence-corrected chi connectivity index (χ1v) is 3.58. The zero-order valence-corrected chi connectivity index (χ0v) is 8.26. The van der Waals surface area contributed by atoms with Crippen LogP contribution in [0.1, 0.15) is 12.9 Å². The van der Waals surface area contributed by atoms with Gasteiger partial charge in [0.2, 0.25) is 5.82 Å². The first-order valence-electron chi connectivity index (χ1n) is 3.58. The van der Waals surface area contributed by atoms with Gasteiger partial charge in [-0.3, -0.25) is 0 Å². The van der Waals surface area contributed by atoms with Crippen LogP contribution in [0.25, 0.3) is 0 Å². The third kappa shape index (κ3) is 2.58. The summed E-state index contributed by atoms with van der Waals surface area (Å²) < 4.78 is 61.4. The first-order chi connectivity index (χ1) is 7.24. The minimum atomic E-state index is -5.83. The maximum atomic E-state index is 12.7. The third-order valence-corrected chi connectivity index (χ3v) is 1.59. The minimum absolute atomic E-state index is 0. The van der Waals surface area contributed by atoms with Gasteiger partial charge in [0.25, 0.3) is 0 Å². The van der Waals surface area contributed by atoms with Crippen LogP contribution in [0.4, 0.5) is 22.0 Å². The van der Waals surface area contributed by atoms with Gasteiger partial charge in [-0.15, -0.1) is 0 Å². The van der Waals surface area contributed by atoms with E-state index < -0.39 is 23.6 Å². The van der Waals surface area contributed by atoms with Crippen molar-refractivity contribution in [2.24, 2.45) is 0 Å². The summed E-state index contributed by atoms with van der Waals surface area (Å²) in [7, 11) is 0. The van der Waals surface area contributed by atoms with Gasteiger partial charge in [-0.1, -0.05) is 0 Å². The molecule has 10 heteroatoms. The average Bonchev–Trinajstić information content (AvgIpc) is 2.59. The van der Waals surface area contributed by atoms with Crippen LogP contribution in [0.5, 0.6) is 0 Å². The fraction of sp³-hybridized carbons (Fsp3) is 0.286. The minimum Gasteiger partial charge on any atom is -1.00 e. The zero-order chi connectivity index (χ0) is 12.6. The number of nitriles is 2. The van der Waals surface area contributed by atoms with E-state index in [4.69, 9.17) is 10.5 Å². The van der Waals surface area contributed by atoms with Crippen LogP contribution in [-0.2, 0) is 5.92 Å². The Bertz CT molecular complexity index is 466. The molecule has 0 aromatic carbocycles. The Morgan fingerprint density at radius 2 is 1.76 bits per heavy atom. The summed E-state index contributed by atoms with van der Waals surface area (Å²) in [6.07, 6.45) is -4.43. The quantitative estimate of drug-likeness (QED) is 0.463. The van der Waals surface area contributed by atoms with Gasteiger partial charge in [0.05, 0.1) is 6.20 Å². The summed E-state index contributed by atoms with van der Waals surface area (Å²) >= 11 is 0. The number of hydrogen-bond donors (Lipinski definition) is 0. The van der Waals surface area contributed by atoms with Gasteiger partial charge in [-0.25, -0.2) is 9.55 Å². The van der Waals surface area contributed by atoms with E-state index in [-0.39, 0.29) is 31.1 Å². The number of rotatable bonds is 1. The van der Waals surface area contributed by atoms with E-state index in [1.54, 1.807) is 0 Å². The second kappa shape index (κ2) is 4.75. The molecule has 1 heterocycles. The Morgan fingerprint density at radius 3 is 2.06 bits per heavy atom. The zero-order valence-electron chi connectivity index (χ0n) is 9.26. The summed E-state index contributed by atoms with van der Waals surface area (Å²) in [6.45, 7) is 0. The molecule has 0 aliphatic rings. The largest absolute Gasteiger partial charge is 1.00 e. The van der Waals surface area contributed by atoms with Crippen molar-refractivity contribution in [3.63, 3.8) is 0 Å². The molecule has 0 amide bonds. The molecule has 0 atom stereocenters. The van der Waals surface area contributed by atoms with E-state index in [9.17, 15) is 22.0 Å². The van der Waals surface area contributed by atoms with Crippen molar-refractivity contribution >= 4 is 0 Å². The maximum Gasteiger partial charge on any atom is 1.00 e. The van der Waals surface area contributed by atoms with E-state index in [0.29, 0.717) is 0 Å². The van der Waals surface area contributed by atoms with Crippen LogP contribution in [-0.4, -0.2) is 15.7 Å². The second-order valence-corrected chi connectivity index (χ2v) is 2.60. The van der Waals surface area contributed by atoms with Crippen LogP contribution >= 0.6 is 0 Å². The van der Waals surface area contributed by atoms with E-state index >= 15 is 0 Å². The number of imidazole rings is 1. The van der Waals surface area contributed by atoms with Crippen molar-refractivity contribution in [1.82, 2.24) is 9.55 Å². The van der Waals surface area contributed by atoms with Gasteiger partial charge in [0, 0.05) is 0 Å². The Balaban J connectivity index is 0. The second-order valence-electron chi connectivity index (χ2n) is 2.60. The number of alkyl halides is 5. The van der Waals surface area contributed by atoms with Gasteiger partial charge in [0.1, 0.15) is 11.8 Å². The molecule has 0 unspecified atom stereocenters. The van der Waals surface area contributed by atoms with Gasteiger partial charge in [-0.2, -0.15) is 32.5 Å². The maximum absolute atomic E-state index is 12.7.